The second-order valence-corrected chi connectivity index (χ2v) is 3.57. The molecule has 1 aliphatic rings. The Morgan fingerprint density at radius 1 is 1.58 bits per heavy atom. The number of nitrogens with zero attached hydrogens (tertiary/aromatic N) is 1. The zero-order valence-corrected chi connectivity index (χ0v) is 7.71. The average molecular weight is 169 g/mol. The monoisotopic (exact) mass is 169 g/mol. The van der Waals surface area contributed by atoms with E-state index in [0.29, 0.717) is 12.5 Å². The van der Waals surface area contributed by atoms with Crippen molar-refractivity contribution in [2.45, 2.75) is 19.3 Å². The van der Waals surface area contributed by atoms with Gasteiger partial charge in [-0.3, -0.25) is 0 Å². The van der Waals surface area contributed by atoms with E-state index >= 15 is 0 Å². The molecule has 0 saturated carbocycles. The van der Waals surface area contributed by atoms with Gasteiger partial charge >= 0.3 is 0 Å². The Bertz CT molecular complexity index is 136. The molecule has 1 N–H and O–H groups in total. The maximum absolute atomic E-state index is 8.91. The van der Waals surface area contributed by atoms with Crippen LogP contribution in [0.3, 0.4) is 0 Å². The Balaban J connectivity index is 2.06. The first-order valence-electron chi connectivity index (χ1n) is 4.81. The summed E-state index contributed by atoms with van der Waals surface area (Å²) in [6, 6.07) is 0. The van der Waals surface area contributed by atoms with Crippen LogP contribution in [-0.2, 0) is 0 Å². The highest BCUT2D eigenvalue weighted by molar-refractivity contribution is 4.75. The zero-order chi connectivity index (χ0) is 8.81. The third kappa shape index (κ3) is 2.95. The topological polar surface area (TPSA) is 23.5 Å². The van der Waals surface area contributed by atoms with Crippen LogP contribution in [0.25, 0.3) is 0 Å². The molecule has 0 aromatic heterocycles. The molecule has 2 nitrogen and oxygen atoms in total. The molecule has 1 atom stereocenters. The van der Waals surface area contributed by atoms with E-state index < -0.39 is 0 Å². The van der Waals surface area contributed by atoms with Crippen LogP contribution < -0.4 is 0 Å². The molecule has 0 aromatic rings. The molecule has 1 heterocycles. The van der Waals surface area contributed by atoms with E-state index in [0.717, 1.165) is 13.0 Å². The number of unbranched alkanes of at least 4 members (excludes halogenated alkanes) is 1. The van der Waals surface area contributed by atoms with Gasteiger partial charge in [0, 0.05) is 13.2 Å². The van der Waals surface area contributed by atoms with Crippen LogP contribution in [0.1, 0.15) is 19.3 Å². The minimum Gasteiger partial charge on any atom is -0.396 e. The van der Waals surface area contributed by atoms with Gasteiger partial charge in [0.25, 0.3) is 0 Å². The van der Waals surface area contributed by atoms with Crippen LogP contribution in [0.4, 0.5) is 0 Å². The van der Waals surface area contributed by atoms with Gasteiger partial charge in [0.15, 0.2) is 0 Å². The van der Waals surface area contributed by atoms with Crippen LogP contribution in [0.2, 0.25) is 0 Å². The second-order valence-electron chi connectivity index (χ2n) is 3.57. The zero-order valence-electron chi connectivity index (χ0n) is 7.71. The Labute approximate surface area is 74.9 Å². The van der Waals surface area contributed by atoms with Crippen molar-refractivity contribution in [2.24, 2.45) is 5.92 Å². The lowest BCUT2D eigenvalue weighted by atomic mass is 10.1. The van der Waals surface area contributed by atoms with Crippen molar-refractivity contribution in [1.82, 2.24) is 4.90 Å². The minimum absolute atomic E-state index is 0.359. The first kappa shape index (κ1) is 9.75. The molecule has 12 heavy (non-hydrogen) atoms. The highest BCUT2D eigenvalue weighted by atomic mass is 16.3. The number of likely N-dealkylation sites (tertiary alicyclic amines) is 1. The van der Waals surface area contributed by atoms with E-state index in [9.17, 15) is 0 Å². The van der Waals surface area contributed by atoms with E-state index in [4.69, 9.17) is 5.11 Å². The Kier molecular flexibility index (Phi) is 4.33. The number of aliphatic hydroxyl groups excluding tert-OH is 1. The molecule has 0 amide bonds. The van der Waals surface area contributed by atoms with Crippen molar-refractivity contribution >= 4 is 0 Å². The van der Waals surface area contributed by atoms with Crippen molar-refractivity contribution in [3.63, 3.8) is 0 Å². The summed E-state index contributed by atoms with van der Waals surface area (Å²) in [7, 11) is 0. The van der Waals surface area contributed by atoms with Gasteiger partial charge < -0.3 is 10.0 Å². The molecule has 0 radical (unpaired) electrons. The summed E-state index contributed by atoms with van der Waals surface area (Å²) in [5.41, 5.74) is 0. The van der Waals surface area contributed by atoms with Gasteiger partial charge in [0.2, 0.25) is 0 Å². The summed E-state index contributed by atoms with van der Waals surface area (Å²) in [5.74, 6) is 0.536. The SMILES string of the molecule is C=CCCCN1CCC(CO)C1. The maximum atomic E-state index is 8.91. The van der Waals surface area contributed by atoms with Gasteiger partial charge in [0.1, 0.15) is 0 Å². The van der Waals surface area contributed by atoms with Gasteiger partial charge in [-0.05, 0) is 38.3 Å². The van der Waals surface area contributed by atoms with E-state index in [1.54, 1.807) is 0 Å². The number of rotatable bonds is 5. The summed E-state index contributed by atoms with van der Waals surface area (Å²) < 4.78 is 0. The molecule has 0 aromatic carbocycles. The van der Waals surface area contributed by atoms with Crippen LogP contribution >= 0.6 is 0 Å². The van der Waals surface area contributed by atoms with Crippen LogP contribution in [0.15, 0.2) is 12.7 Å². The van der Waals surface area contributed by atoms with Gasteiger partial charge in [-0.15, -0.1) is 6.58 Å². The van der Waals surface area contributed by atoms with Crippen LogP contribution in [0.5, 0.6) is 0 Å². The maximum Gasteiger partial charge on any atom is 0.0471 e. The average Bonchev–Trinajstić information content (AvgIpc) is 2.53. The molecule has 0 aliphatic carbocycles. The summed E-state index contributed by atoms with van der Waals surface area (Å²) in [4.78, 5) is 2.43. The quantitative estimate of drug-likeness (QED) is 0.495. The van der Waals surface area contributed by atoms with E-state index in [-0.39, 0.29) is 0 Å². The predicted octanol–water partition coefficient (Wildman–Crippen LogP) is 1.27. The van der Waals surface area contributed by atoms with Gasteiger partial charge in [0.05, 0.1) is 0 Å². The van der Waals surface area contributed by atoms with Crippen LogP contribution in [0, 0.1) is 5.92 Å². The molecule has 1 saturated heterocycles. The molecule has 2 heteroatoms. The van der Waals surface area contributed by atoms with Crippen molar-refractivity contribution in [3.8, 4) is 0 Å². The summed E-state index contributed by atoms with van der Waals surface area (Å²) in [5, 5.41) is 8.91. The van der Waals surface area contributed by atoms with Crippen molar-refractivity contribution in [2.75, 3.05) is 26.2 Å². The number of hydrogen-bond donors (Lipinski definition) is 1. The summed E-state index contributed by atoms with van der Waals surface area (Å²) >= 11 is 0. The predicted molar refractivity (Wildman–Crippen MR) is 51.1 cm³/mol. The molecule has 0 spiro atoms. The molecule has 1 aliphatic heterocycles. The second kappa shape index (κ2) is 5.33. The van der Waals surface area contributed by atoms with Crippen molar-refractivity contribution < 1.29 is 5.11 Å². The summed E-state index contributed by atoms with van der Waals surface area (Å²) in [6.45, 7) is 7.49. The third-order valence-corrected chi connectivity index (χ3v) is 2.51. The Morgan fingerprint density at radius 2 is 2.42 bits per heavy atom. The fourth-order valence-electron chi connectivity index (χ4n) is 1.72. The van der Waals surface area contributed by atoms with E-state index in [2.05, 4.69) is 11.5 Å². The van der Waals surface area contributed by atoms with Gasteiger partial charge in [-0.1, -0.05) is 6.08 Å². The van der Waals surface area contributed by atoms with Crippen molar-refractivity contribution in [3.05, 3.63) is 12.7 Å². The number of allylic oxidation sites excluding steroid dienone is 1. The number of aliphatic hydroxyl groups is 1. The van der Waals surface area contributed by atoms with E-state index in [1.807, 2.05) is 6.08 Å². The van der Waals surface area contributed by atoms with E-state index in [1.165, 1.54) is 25.9 Å². The van der Waals surface area contributed by atoms with Gasteiger partial charge in [-0.25, -0.2) is 0 Å². The first-order valence-corrected chi connectivity index (χ1v) is 4.81. The fourth-order valence-corrected chi connectivity index (χ4v) is 1.72. The molecular weight excluding hydrogens is 150 g/mol. The standard InChI is InChI=1S/C10H19NO/c1-2-3-4-6-11-7-5-10(8-11)9-12/h2,10,12H,1,3-9H2. The fraction of sp³-hybridized carbons (Fsp3) is 0.800. The first-order chi connectivity index (χ1) is 5.86. The van der Waals surface area contributed by atoms with Gasteiger partial charge in [-0.2, -0.15) is 0 Å². The smallest absolute Gasteiger partial charge is 0.0471 e. The summed E-state index contributed by atoms with van der Waals surface area (Å²) in [6.07, 6.45) is 5.46. The lowest BCUT2D eigenvalue weighted by Gasteiger charge is -2.14. The Hall–Kier alpha value is -0.340. The molecule has 1 rings (SSSR count). The third-order valence-electron chi connectivity index (χ3n) is 2.51. The number of hydrogen-bond acceptors (Lipinski definition) is 2. The highest BCUT2D eigenvalue weighted by Gasteiger charge is 2.20. The largest absolute Gasteiger partial charge is 0.396 e. The van der Waals surface area contributed by atoms with Crippen molar-refractivity contribution in [1.29, 1.82) is 0 Å². The molecule has 1 unspecified atom stereocenters. The lowest BCUT2D eigenvalue weighted by Crippen LogP contribution is -2.22. The molecular formula is C10H19NO. The van der Waals surface area contributed by atoms with Crippen LogP contribution in [-0.4, -0.2) is 36.2 Å². The normalized spacial score (nSPS) is 24.6. The molecule has 70 valence electrons. The Morgan fingerprint density at radius 3 is 3.00 bits per heavy atom. The molecule has 0 bridgehead atoms. The minimum atomic E-state index is 0.359. The molecule has 1 fully saturated rings. The highest BCUT2D eigenvalue weighted by Crippen LogP contribution is 2.15. The lowest BCUT2D eigenvalue weighted by molar-refractivity contribution is 0.221.